The van der Waals surface area contributed by atoms with E-state index in [1.165, 1.54) is 0 Å². The Morgan fingerprint density at radius 1 is 1.31 bits per heavy atom. The second-order valence-electron chi connectivity index (χ2n) is 2.10. The van der Waals surface area contributed by atoms with Crippen LogP contribution in [0, 0.1) is 0 Å². The van der Waals surface area contributed by atoms with Crippen molar-refractivity contribution in [2.45, 2.75) is 0 Å². The molecule has 0 N–H and O–H groups in total. The van der Waals surface area contributed by atoms with Gasteiger partial charge < -0.3 is 0 Å². The molecule has 0 aliphatic rings. The van der Waals surface area contributed by atoms with Gasteiger partial charge in [0.05, 0.1) is 25.5 Å². The minimum atomic E-state index is -0.472. The number of halogens is 1. The van der Waals surface area contributed by atoms with Crippen molar-refractivity contribution < 1.29 is 8.22 Å². The van der Waals surface area contributed by atoms with E-state index in [-0.39, 0.29) is 16.6 Å². The summed E-state index contributed by atoms with van der Waals surface area (Å²) in [4.78, 5) is 3.74. The zero-order valence-corrected chi connectivity index (χ0v) is 6.98. The molecule has 3 nitrogen and oxygen atoms in total. The Balaban J connectivity index is 3.12. The van der Waals surface area contributed by atoms with Gasteiger partial charge >= 0.3 is 0 Å². The van der Waals surface area contributed by atoms with Gasteiger partial charge in [0.2, 0.25) is 0 Å². The van der Waals surface area contributed by atoms with Crippen molar-refractivity contribution in [2.24, 2.45) is 9.75 Å². The maximum atomic E-state index is 7.75. The summed E-state index contributed by atoms with van der Waals surface area (Å²) in [5, 5.41) is 3.35. The third kappa shape index (κ3) is 1.51. The first-order chi connectivity index (χ1) is 8.90. The average molecular weight is 198 g/mol. The van der Waals surface area contributed by atoms with Gasteiger partial charge in [0.15, 0.2) is 0 Å². The summed E-state index contributed by atoms with van der Waals surface area (Å²) < 4.78 is 48.8. The molecule has 0 atom stereocenters. The lowest BCUT2D eigenvalue weighted by Gasteiger charge is -1.97. The molecule has 0 saturated carbocycles. The molecule has 13 heavy (non-hydrogen) atoms. The largest absolute Gasteiger partial charge is 0.254 e. The molecule has 64 valence electrons. The zero-order valence-electron chi connectivity index (χ0n) is 12.2. The van der Waals surface area contributed by atoms with Crippen LogP contribution in [0.5, 0.6) is 0 Å². The van der Waals surface area contributed by atoms with Crippen LogP contribution in [0.15, 0.2) is 46.1 Å². The summed E-state index contributed by atoms with van der Waals surface area (Å²) in [7, 11) is 0. The van der Waals surface area contributed by atoms with Crippen LogP contribution in [0.25, 0.3) is 10.9 Å². The first kappa shape index (κ1) is 3.72. The highest BCUT2D eigenvalue weighted by Crippen LogP contribution is 2.23. The van der Waals surface area contributed by atoms with Crippen LogP contribution in [0.3, 0.4) is 0 Å². The number of hydrogen-bond acceptors (Lipinski definition) is 3. The third-order valence-electron chi connectivity index (χ3n) is 1.38. The Kier molecular flexibility index (Phi) is 0.999. The maximum Gasteiger partial charge on any atom is 0.113 e. The Hall–Kier alpha value is -1.48. The van der Waals surface area contributed by atoms with Crippen LogP contribution in [-0.4, -0.2) is 4.98 Å². The molecule has 0 radical (unpaired) electrons. The van der Waals surface area contributed by atoms with Gasteiger partial charge in [0.1, 0.15) is 5.69 Å². The molecule has 2 rings (SSSR count). The quantitative estimate of drug-likeness (QED) is 0.645. The van der Waals surface area contributed by atoms with Gasteiger partial charge in [-0.1, -0.05) is 22.8 Å². The first-order valence-corrected chi connectivity index (χ1v) is 3.63. The number of benzene rings is 1. The van der Waals surface area contributed by atoms with E-state index in [2.05, 4.69) is 14.7 Å². The SMILES string of the molecule is [2H]c1nc2c(N=NCl)c([2H])c([2H])c([2H])c2c([2H])c1[2H]. The Labute approximate surface area is 88.6 Å². The number of pyridine rings is 1. The number of nitrogens with zero attached hydrogens (tertiary/aromatic N) is 3. The van der Waals surface area contributed by atoms with E-state index in [1.807, 2.05) is 0 Å². The second-order valence-corrected chi connectivity index (χ2v) is 2.25. The monoisotopic (exact) mass is 197 g/mol. The predicted molar refractivity (Wildman–Crippen MR) is 52.1 cm³/mol. The summed E-state index contributed by atoms with van der Waals surface area (Å²) in [6.45, 7) is 0. The molecule has 0 spiro atoms. The van der Waals surface area contributed by atoms with Crippen LogP contribution in [0.4, 0.5) is 5.69 Å². The molecule has 0 amide bonds. The molecule has 0 unspecified atom stereocenters. The zero-order chi connectivity index (χ0) is 14.3. The first-order valence-electron chi connectivity index (χ1n) is 6.29. The van der Waals surface area contributed by atoms with E-state index in [0.29, 0.717) is 0 Å². The molecule has 1 heterocycles. The molecule has 0 aliphatic heterocycles. The number of aromatic nitrogens is 1. The highest BCUT2D eigenvalue weighted by molar-refractivity contribution is 6.14. The van der Waals surface area contributed by atoms with Gasteiger partial charge in [0, 0.05) is 11.6 Å². The second kappa shape index (κ2) is 3.49. The van der Waals surface area contributed by atoms with Gasteiger partial charge in [-0.3, -0.25) is 4.98 Å². The lowest BCUT2D eigenvalue weighted by atomic mass is 10.2. The Morgan fingerprint density at radius 3 is 3.00 bits per heavy atom. The Morgan fingerprint density at radius 2 is 2.15 bits per heavy atom. The van der Waals surface area contributed by atoms with Gasteiger partial charge in [-0.15, -0.1) is 5.11 Å². The fourth-order valence-corrected chi connectivity index (χ4v) is 0.949. The standard InChI is InChI=1S/C9H6ClN3/c10-13-12-8-5-1-3-7-4-2-6-11-9(7)8/h1-6H/i1D,2D,3D,4D,5D,6D. The summed E-state index contributed by atoms with van der Waals surface area (Å²) in [6, 6.07) is -2.13. The highest BCUT2D eigenvalue weighted by atomic mass is 35.5. The fourth-order valence-electron chi connectivity index (χ4n) is 0.874. The van der Waals surface area contributed by atoms with E-state index in [4.69, 9.17) is 20.0 Å². The summed E-state index contributed by atoms with van der Waals surface area (Å²) >= 11 is 5.12. The minimum absolute atomic E-state index is 0.0959. The number of fused-ring (bicyclic) bond motifs is 1. The average Bonchev–Trinajstić information content (AvgIpc) is 2.38. The summed E-state index contributed by atoms with van der Waals surface area (Å²) in [6.07, 6.45) is -0.472. The number of hydrogen-bond donors (Lipinski definition) is 0. The molecular weight excluding hydrogens is 186 g/mol. The number of para-hydroxylation sites is 1. The lowest BCUT2D eigenvalue weighted by molar-refractivity contribution is 1.31. The maximum absolute atomic E-state index is 7.75. The summed E-state index contributed by atoms with van der Waals surface area (Å²) in [5.41, 5.74) is -0.283. The van der Waals surface area contributed by atoms with Gasteiger partial charge in [-0.2, -0.15) is 0 Å². The summed E-state index contributed by atoms with van der Waals surface area (Å²) in [5.74, 6) is 0. The van der Waals surface area contributed by atoms with Crippen LogP contribution in [-0.2, 0) is 0 Å². The van der Waals surface area contributed by atoms with Gasteiger partial charge in [-0.05, 0) is 12.1 Å². The van der Waals surface area contributed by atoms with Crippen molar-refractivity contribution in [3.63, 3.8) is 0 Å². The molecule has 0 fully saturated rings. The van der Waals surface area contributed by atoms with Crippen LogP contribution in [0.2, 0.25) is 0 Å². The van der Waals surface area contributed by atoms with Crippen LogP contribution < -0.4 is 0 Å². The van der Waals surface area contributed by atoms with Crippen molar-refractivity contribution in [3.05, 3.63) is 36.4 Å². The fraction of sp³-hybridized carbons (Fsp3) is 0. The normalized spacial score (nSPS) is 17.6. The van der Waals surface area contributed by atoms with Crippen molar-refractivity contribution in [3.8, 4) is 0 Å². The molecule has 1 aromatic heterocycles. The highest BCUT2D eigenvalue weighted by Gasteiger charge is 1.98. The van der Waals surface area contributed by atoms with Gasteiger partial charge in [-0.25, -0.2) is 0 Å². The minimum Gasteiger partial charge on any atom is -0.254 e. The van der Waals surface area contributed by atoms with E-state index in [0.717, 1.165) is 0 Å². The van der Waals surface area contributed by atoms with E-state index < -0.39 is 36.4 Å². The lowest BCUT2D eigenvalue weighted by Crippen LogP contribution is -1.76. The van der Waals surface area contributed by atoms with Crippen molar-refractivity contribution in [2.75, 3.05) is 0 Å². The van der Waals surface area contributed by atoms with E-state index in [1.54, 1.807) is 0 Å². The van der Waals surface area contributed by atoms with Crippen molar-refractivity contribution in [1.82, 2.24) is 4.98 Å². The molecule has 4 heteroatoms. The van der Waals surface area contributed by atoms with E-state index in [9.17, 15) is 0 Å². The van der Waals surface area contributed by atoms with Crippen molar-refractivity contribution >= 4 is 28.4 Å². The van der Waals surface area contributed by atoms with Crippen molar-refractivity contribution in [1.29, 1.82) is 0 Å². The Bertz CT molecular complexity index is 709. The molecule has 2 aromatic rings. The molecular formula is C9H6ClN3. The van der Waals surface area contributed by atoms with Gasteiger partial charge in [0.25, 0.3) is 0 Å². The molecule has 0 bridgehead atoms. The number of rotatable bonds is 1. The smallest absolute Gasteiger partial charge is 0.113 e. The topological polar surface area (TPSA) is 37.6 Å². The van der Waals surface area contributed by atoms with Crippen LogP contribution >= 0.6 is 11.8 Å². The van der Waals surface area contributed by atoms with Crippen LogP contribution in [0.1, 0.15) is 8.22 Å². The molecule has 1 aromatic carbocycles. The predicted octanol–water partition coefficient (Wildman–Crippen LogP) is 3.47. The van der Waals surface area contributed by atoms with E-state index >= 15 is 0 Å². The molecule has 0 saturated heterocycles. The molecule has 0 aliphatic carbocycles. The third-order valence-corrected chi connectivity index (χ3v) is 1.45.